The number of aromatic nitrogens is 3. The van der Waals surface area contributed by atoms with Crippen molar-refractivity contribution in [1.82, 2.24) is 19.5 Å². The van der Waals surface area contributed by atoms with Crippen molar-refractivity contribution in [2.24, 2.45) is 11.3 Å². The second-order valence-corrected chi connectivity index (χ2v) is 12.5. The van der Waals surface area contributed by atoms with E-state index < -0.39 is 23.2 Å². The maximum Gasteiger partial charge on any atom is 0.410 e. The summed E-state index contributed by atoms with van der Waals surface area (Å²) in [5, 5.41) is 35.1. The van der Waals surface area contributed by atoms with Gasteiger partial charge in [-0.25, -0.2) is 14.3 Å². The molecule has 2 aliphatic rings. The topological polar surface area (TPSA) is 136 Å². The number of nitriles is 1. The molecule has 5 rings (SSSR count). The molecule has 1 saturated heterocycles. The van der Waals surface area contributed by atoms with Gasteiger partial charge in [0.25, 0.3) is 0 Å². The lowest BCUT2D eigenvalue weighted by Gasteiger charge is -2.36. The van der Waals surface area contributed by atoms with Crippen LogP contribution in [0.4, 0.5) is 10.6 Å². The number of hydrogen-bond donors (Lipinski definition) is 2. The summed E-state index contributed by atoms with van der Waals surface area (Å²) in [6, 6.07) is 7.96. The van der Waals surface area contributed by atoms with E-state index in [1.165, 1.54) is 6.20 Å². The normalized spacial score (nSPS) is 22.5. The Kier molecular flexibility index (Phi) is 7.57. The molecule has 218 valence electrons. The van der Waals surface area contributed by atoms with E-state index in [0.29, 0.717) is 49.4 Å². The highest BCUT2D eigenvalue weighted by Crippen LogP contribution is 2.42. The van der Waals surface area contributed by atoms with Crippen molar-refractivity contribution in [2.75, 3.05) is 37.7 Å². The maximum atomic E-state index is 12.4. The zero-order valence-electron chi connectivity index (χ0n) is 24.2. The number of amides is 1. The molecule has 3 atom stereocenters. The average Bonchev–Trinajstić information content (AvgIpc) is 3.44. The summed E-state index contributed by atoms with van der Waals surface area (Å²) in [6.07, 6.45) is 3.88. The molecule has 2 N–H and O–H groups in total. The zero-order valence-corrected chi connectivity index (χ0v) is 24.2. The SMILES string of the molecule is CC(C)(C)OC(=O)N1CCN(c2ccc(-c3cc(OC[C@@H]4C[C@H](O)C(C)(C)[C@H]4O)cn4ncc(C#N)c34)cn2)CC1. The van der Waals surface area contributed by atoms with E-state index in [9.17, 15) is 20.3 Å². The molecule has 0 aromatic carbocycles. The smallest absolute Gasteiger partial charge is 0.410 e. The van der Waals surface area contributed by atoms with Crippen molar-refractivity contribution in [3.63, 3.8) is 0 Å². The highest BCUT2D eigenvalue weighted by atomic mass is 16.6. The van der Waals surface area contributed by atoms with Crippen LogP contribution in [0.15, 0.2) is 36.8 Å². The van der Waals surface area contributed by atoms with Crippen molar-refractivity contribution < 1.29 is 24.5 Å². The fourth-order valence-electron chi connectivity index (χ4n) is 5.54. The lowest BCUT2D eigenvalue weighted by atomic mass is 9.86. The second kappa shape index (κ2) is 10.8. The fourth-order valence-corrected chi connectivity index (χ4v) is 5.54. The number of aliphatic hydroxyl groups excluding tert-OH is 2. The molecular weight excluding hydrogens is 524 g/mol. The Labute approximate surface area is 239 Å². The molecule has 1 amide bonds. The minimum absolute atomic E-state index is 0.205. The van der Waals surface area contributed by atoms with Crippen LogP contribution in [0.5, 0.6) is 5.75 Å². The summed E-state index contributed by atoms with van der Waals surface area (Å²) in [5.41, 5.74) is 1.51. The van der Waals surface area contributed by atoms with E-state index in [2.05, 4.69) is 16.1 Å². The molecule has 11 nitrogen and oxygen atoms in total. The third-order valence-corrected chi connectivity index (χ3v) is 8.08. The van der Waals surface area contributed by atoms with Gasteiger partial charge in [0, 0.05) is 54.8 Å². The van der Waals surface area contributed by atoms with Crippen LogP contribution in [-0.2, 0) is 4.74 Å². The molecule has 1 aliphatic carbocycles. The van der Waals surface area contributed by atoms with Crippen LogP contribution in [0.1, 0.15) is 46.6 Å². The largest absolute Gasteiger partial charge is 0.492 e. The number of rotatable bonds is 5. The van der Waals surface area contributed by atoms with Crippen molar-refractivity contribution in [1.29, 1.82) is 5.26 Å². The molecule has 0 radical (unpaired) electrons. The minimum atomic E-state index is -0.682. The summed E-state index contributed by atoms with van der Waals surface area (Å²) in [6.45, 7) is 11.9. The van der Waals surface area contributed by atoms with Gasteiger partial charge in [0.05, 0.1) is 42.3 Å². The Balaban J connectivity index is 1.33. The number of nitrogens with zero attached hydrogens (tertiary/aromatic N) is 6. The van der Waals surface area contributed by atoms with Gasteiger partial charge in [-0.3, -0.25) is 0 Å². The van der Waals surface area contributed by atoms with Gasteiger partial charge in [-0.15, -0.1) is 0 Å². The maximum absolute atomic E-state index is 12.4. The van der Waals surface area contributed by atoms with E-state index in [1.54, 1.807) is 21.8 Å². The highest BCUT2D eigenvalue weighted by molar-refractivity contribution is 5.85. The summed E-state index contributed by atoms with van der Waals surface area (Å²) >= 11 is 0. The Morgan fingerprint density at radius 3 is 2.49 bits per heavy atom. The van der Waals surface area contributed by atoms with Crippen LogP contribution in [0.3, 0.4) is 0 Å². The molecule has 0 spiro atoms. The molecule has 3 aromatic rings. The van der Waals surface area contributed by atoms with Crippen molar-refractivity contribution >= 4 is 17.4 Å². The molecule has 2 fully saturated rings. The van der Waals surface area contributed by atoms with E-state index in [4.69, 9.17) is 14.5 Å². The number of fused-ring (bicyclic) bond motifs is 1. The quantitative estimate of drug-likeness (QED) is 0.479. The number of anilines is 1. The molecule has 0 unspecified atom stereocenters. The molecular formula is C30H38N6O5. The second-order valence-electron chi connectivity index (χ2n) is 12.5. The molecule has 11 heteroatoms. The van der Waals surface area contributed by atoms with Crippen LogP contribution in [0.25, 0.3) is 16.6 Å². The van der Waals surface area contributed by atoms with Gasteiger partial charge in [-0.2, -0.15) is 10.4 Å². The Morgan fingerprint density at radius 2 is 1.90 bits per heavy atom. The van der Waals surface area contributed by atoms with Gasteiger partial charge in [0.2, 0.25) is 0 Å². The number of carbonyl (C=O) groups excluding carboxylic acids is 1. The third kappa shape index (κ3) is 5.80. The van der Waals surface area contributed by atoms with E-state index in [0.717, 1.165) is 16.9 Å². The van der Waals surface area contributed by atoms with Crippen LogP contribution < -0.4 is 9.64 Å². The highest BCUT2D eigenvalue weighted by Gasteiger charge is 2.48. The number of piperazine rings is 1. The van der Waals surface area contributed by atoms with Gasteiger partial charge >= 0.3 is 6.09 Å². The van der Waals surface area contributed by atoms with Gasteiger partial charge in [0.1, 0.15) is 23.2 Å². The van der Waals surface area contributed by atoms with Crippen LogP contribution >= 0.6 is 0 Å². The molecule has 4 heterocycles. The molecule has 3 aromatic heterocycles. The summed E-state index contributed by atoms with van der Waals surface area (Å²) in [7, 11) is 0. The predicted molar refractivity (Wildman–Crippen MR) is 153 cm³/mol. The Bertz CT molecular complexity index is 1450. The first-order chi connectivity index (χ1) is 19.4. The Morgan fingerprint density at radius 1 is 1.17 bits per heavy atom. The van der Waals surface area contributed by atoms with E-state index in [1.807, 2.05) is 52.8 Å². The monoisotopic (exact) mass is 562 g/mol. The van der Waals surface area contributed by atoms with Crippen molar-refractivity contribution in [2.45, 2.75) is 58.8 Å². The zero-order chi connectivity index (χ0) is 29.5. The number of pyridine rings is 2. The predicted octanol–water partition coefficient (Wildman–Crippen LogP) is 3.47. The molecule has 1 aliphatic heterocycles. The Hall–Kier alpha value is -3.88. The first kappa shape index (κ1) is 28.6. The van der Waals surface area contributed by atoms with E-state index in [-0.39, 0.29) is 18.6 Å². The summed E-state index contributed by atoms with van der Waals surface area (Å²) in [5.74, 6) is 1.13. The van der Waals surface area contributed by atoms with Gasteiger partial charge in [-0.1, -0.05) is 13.8 Å². The van der Waals surface area contributed by atoms with Gasteiger partial charge in [-0.05, 0) is 45.4 Å². The van der Waals surface area contributed by atoms with Gasteiger partial charge in [0.15, 0.2) is 0 Å². The lowest BCUT2D eigenvalue weighted by molar-refractivity contribution is -0.0117. The third-order valence-electron chi connectivity index (χ3n) is 8.08. The van der Waals surface area contributed by atoms with Crippen LogP contribution in [-0.4, -0.2) is 86.4 Å². The molecule has 0 bridgehead atoms. The molecule has 1 saturated carbocycles. The average molecular weight is 563 g/mol. The standard InChI is InChI=1S/C30H38N6O5/c1-29(2,3)41-28(39)35-10-8-34(9-11-35)25-7-6-19(15-32-25)23-13-22(17-36-26(23)21(14-31)16-33-36)40-18-20-12-24(37)30(4,5)27(20)38/h6-7,13,15-17,20,24,27,37-38H,8-12,18H2,1-5H3/t20-,24-,27-/m0/s1. The van der Waals surface area contributed by atoms with Crippen LogP contribution in [0, 0.1) is 22.7 Å². The number of hydrogen-bond acceptors (Lipinski definition) is 9. The van der Waals surface area contributed by atoms with Gasteiger partial charge < -0.3 is 29.5 Å². The summed E-state index contributed by atoms with van der Waals surface area (Å²) < 4.78 is 13.2. The first-order valence-electron chi connectivity index (χ1n) is 14.0. The van der Waals surface area contributed by atoms with Crippen molar-refractivity contribution in [3.05, 3.63) is 42.4 Å². The van der Waals surface area contributed by atoms with Crippen LogP contribution in [0.2, 0.25) is 0 Å². The van der Waals surface area contributed by atoms with Crippen molar-refractivity contribution in [3.8, 4) is 22.9 Å². The number of ether oxygens (including phenoxy) is 2. The summed E-state index contributed by atoms with van der Waals surface area (Å²) in [4.78, 5) is 21.0. The minimum Gasteiger partial charge on any atom is -0.492 e. The number of carbonyl (C=O) groups is 1. The van der Waals surface area contributed by atoms with E-state index >= 15 is 0 Å². The molecule has 41 heavy (non-hydrogen) atoms. The number of aliphatic hydroxyl groups is 2. The first-order valence-corrected chi connectivity index (χ1v) is 14.0. The lowest BCUT2D eigenvalue weighted by Crippen LogP contribution is -2.50. The fraction of sp³-hybridized carbons (Fsp3) is 0.533.